The van der Waals surface area contributed by atoms with Crippen molar-refractivity contribution >= 4 is 21.6 Å². The van der Waals surface area contributed by atoms with E-state index in [1.165, 1.54) is 0 Å². The number of hydrogen-bond acceptors (Lipinski definition) is 2. The van der Waals surface area contributed by atoms with E-state index in [1.807, 2.05) is 0 Å². The van der Waals surface area contributed by atoms with Gasteiger partial charge in [0.15, 0.2) is 0 Å². The van der Waals surface area contributed by atoms with Crippen molar-refractivity contribution < 1.29 is 8.42 Å². The summed E-state index contributed by atoms with van der Waals surface area (Å²) < 4.78 is 26.1. The molecule has 0 bridgehead atoms. The lowest BCUT2D eigenvalue weighted by Crippen LogP contribution is -2.28. The van der Waals surface area contributed by atoms with Crippen LogP contribution in [-0.4, -0.2) is 25.8 Å². The molecule has 0 spiro atoms. The third-order valence-electron chi connectivity index (χ3n) is 3.10. The quantitative estimate of drug-likeness (QED) is 0.794. The smallest absolute Gasteiger partial charge is 0.207 e. The molecule has 0 N–H and O–H groups in total. The van der Waals surface area contributed by atoms with Gasteiger partial charge in [-0.1, -0.05) is 19.1 Å². The molecular formula is C12H16ClNO2S. The molecule has 2 rings (SSSR count). The number of alkyl halides is 1. The summed E-state index contributed by atoms with van der Waals surface area (Å²) in [5, 5.41) is 0. The Kier molecular flexibility index (Phi) is 3.76. The molecule has 17 heavy (non-hydrogen) atoms. The molecule has 0 aliphatic carbocycles. The van der Waals surface area contributed by atoms with Crippen LogP contribution >= 0.6 is 11.6 Å². The highest BCUT2D eigenvalue weighted by Gasteiger charge is 2.30. The van der Waals surface area contributed by atoms with Crippen LogP contribution in [0.25, 0.3) is 0 Å². The van der Waals surface area contributed by atoms with E-state index in [1.54, 1.807) is 28.6 Å². The minimum absolute atomic E-state index is 0.362. The third kappa shape index (κ3) is 2.64. The zero-order valence-corrected chi connectivity index (χ0v) is 11.3. The van der Waals surface area contributed by atoms with Gasteiger partial charge in [-0.25, -0.2) is 8.42 Å². The van der Waals surface area contributed by atoms with Crippen LogP contribution in [0.1, 0.15) is 18.9 Å². The largest absolute Gasteiger partial charge is 0.243 e. The summed E-state index contributed by atoms with van der Waals surface area (Å²) in [5.41, 5.74) is 0.931. The van der Waals surface area contributed by atoms with Gasteiger partial charge in [-0.15, -0.1) is 11.6 Å². The second-order valence-corrected chi connectivity index (χ2v) is 6.74. The topological polar surface area (TPSA) is 37.4 Å². The predicted octanol–water partition coefficient (Wildman–Crippen LogP) is 2.46. The molecule has 3 nitrogen and oxygen atoms in total. The zero-order chi connectivity index (χ0) is 12.5. The van der Waals surface area contributed by atoms with Crippen LogP contribution in [0.3, 0.4) is 0 Å². The van der Waals surface area contributed by atoms with Gasteiger partial charge in [0.25, 0.3) is 0 Å². The molecular weight excluding hydrogens is 258 g/mol. The molecule has 1 aliphatic heterocycles. The maximum atomic E-state index is 12.3. The monoisotopic (exact) mass is 273 g/mol. The minimum atomic E-state index is -3.31. The van der Waals surface area contributed by atoms with E-state index in [4.69, 9.17) is 11.6 Å². The Labute approximate surface area is 107 Å². The molecule has 0 amide bonds. The van der Waals surface area contributed by atoms with E-state index in [0.717, 1.165) is 12.0 Å². The highest BCUT2D eigenvalue weighted by Crippen LogP contribution is 2.24. The van der Waals surface area contributed by atoms with E-state index in [-0.39, 0.29) is 0 Å². The van der Waals surface area contributed by atoms with Crippen LogP contribution in [0.5, 0.6) is 0 Å². The van der Waals surface area contributed by atoms with Gasteiger partial charge in [-0.3, -0.25) is 0 Å². The average molecular weight is 274 g/mol. The fourth-order valence-corrected chi connectivity index (χ4v) is 3.77. The molecule has 1 saturated heterocycles. The average Bonchev–Trinajstić information content (AvgIpc) is 2.77. The SMILES string of the molecule is CC1CCN(S(=O)(=O)c2ccc(CCl)cc2)C1. The summed E-state index contributed by atoms with van der Waals surface area (Å²) in [7, 11) is -3.31. The zero-order valence-electron chi connectivity index (χ0n) is 9.77. The molecule has 0 radical (unpaired) electrons. The van der Waals surface area contributed by atoms with Crippen molar-refractivity contribution in [3.05, 3.63) is 29.8 Å². The number of benzene rings is 1. The van der Waals surface area contributed by atoms with E-state index in [2.05, 4.69) is 6.92 Å². The number of halogens is 1. The minimum Gasteiger partial charge on any atom is -0.207 e. The van der Waals surface area contributed by atoms with E-state index < -0.39 is 10.0 Å². The summed E-state index contributed by atoms with van der Waals surface area (Å²) in [6.07, 6.45) is 0.943. The van der Waals surface area contributed by atoms with Crippen LogP contribution in [0.4, 0.5) is 0 Å². The molecule has 1 aromatic carbocycles. The van der Waals surface area contributed by atoms with Crippen molar-refractivity contribution in [1.29, 1.82) is 0 Å². The summed E-state index contributed by atoms with van der Waals surface area (Å²) in [6.45, 7) is 3.33. The van der Waals surface area contributed by atoms with Crippen LogP contribution in [0.15, 0.2) is 29.2 Å². The van der Waals surface area contributed by atoms with Crippen LogP contribution in [0, 0.1) is 5.92 Å². The Morgan fingerprint density at radius 1 is 1.35 bits per heavy atom. The van der Waals surface area contributed by atoms with E-state index >= 15 is 0 Å². The highest BCUT2D eigenvalue weighted by atomic mass is 35.5. The first-order valence-corrected chi connectivity index (χ1v) is 7.66. The first-order chi connectivity index (χ1) is 8.04. The van der Waals surface area contributed by atoms with Gasteiger partial charge in [0.2, 0.25) is 10.0 Å². The van der Waals surface area contributed by atoms with Gasteiger partial charge in [-0.05, 0) is 30.0 Å². The summed E-state index contributed by atoms with van der Waals surface area (Å²) in [6, 6.07) is 6.80. The van der Waals surface area contributed by atoms with Crippen molar-refractivity contribution in [2.24, 2.45) is 5.92 Å². The van der Waals surface area contributed by atoms with Gasteiger partial charge in [-0.2, -0.15) is 4.31 Å². The maximum Gasteiger partial charge on any atom is 0.243 e. The van der Waals surface area contributed by atoms with Crippen molar-refractivity contribution in [2.75, 3.05) is 13.1 Å². The van der Waals surface area contributed by atoms with Crippen molar-refractivity contribution in [1.82, 2.24) is 4.31 Å². The van der Waals surface area contributed by atoms with Gasteiger partial charge in [0.05, 0.1) is 4.90 Å². The molecule has 0 saturated carbocycles. The number of rotatable bonds is 3. The third-order valence-corrected chi connectivity index (χ3v) is 5.29. The predicted molar refractivity (Wildman–Crippen MR) is 68.5 cm³/mol. The van der Waals surface area contributed by atoms with Crippen LogP contribution in [-0.2, 0) is 15.9 Å². The summed E-state index contributed by atoms with van der Waals surface area (Å²) >= 11 is 5.68. The second-order valence-electron chi connectivity index (χ2n) is 4.53. The molecule has 0 aromatic heterocycles. The molecule has 94 valence electrons. The number of nitrogens with zero attached hydrogens (tertiary/aromatic N) is 1. The first-order valence-electron chi connectivity index (χ1n) is 5.69. The molecule has 1 aliphatic rings. The lowest BCUT2D eigenvalue weighted by molar-refractivity contribution is 0.464. The Bertz CT molecular complexity index is 484. The van der Waals surface area contributed by atoms with Crippen molar-refractivity contribution in [3.63, 3.8) is 0 Å². The maximum absolute atomic E-state index is 12.3. The number of hydrogen-bond donors (Lipinski definition) is 0. The fourth-order valence-electron chi connectivity index (χ4n) is 2.01. The normalized spacial score (nSPS) is 21.9. The van der Waals surface area contributed by atoms with Crippen LogP contribution in [0.2, 0.25) is 0 Å². The highest BCUT2D eigenvalue weighted by molar-refractivity contribution is 7.89. The molecule has 5 heteroatoms. The Morgan fingerprint density at radius 2 is 2.00 bits per heavy atom. The molecule has 1 heterocycles. The summed E-state index contributed by atoms with van der Waals surface area (Å²) in [5.74, 6) is 0.855. The Hall–Kier alpha value is -0.580. The fraction of sp³-hybridized carbons (Fsp3) is 0.500. The van der Waals surface area contributed by atoms with E-state index in [0.29, 0.717) is 29.8 Å². The molecule has 1 aromatic rings. The lowest BCUT2D eigenvalue weighted by Gasteiger charge is -2.16. The van der Waals surface area contributed by atoms with Gasteiger partial charge < -0.3 is 0 Å². The Morgan fingerprint density at radius 3 is 2.47 bits per heavy atom. The second kappa shape index (κ2) is 4.96. The standard InChI is InChI=1S/C12H16ClNO2S/c1-10-6-7-14(9-10)17(15,16)12-4-2-11(8-13)3-5-12/h2-5,10H,6-9H2,1H3. The molecule has 1 unspecified atom stereocenters. The van der Waals surface area contributed by atoms with E-state index in [9.17, 15) is 8.42 Å². The molecule has 1 fully saturated rings. The first kappa shape index (κ1) is 12.9. The van der Waals surface area contributed by atoms with Crippen molar-refractivity contribution in [3.8, 4) is 0 Å². The van der Waals surface area contributed by atoms with Gasteiger partial charge >= 0.3 is 0 Å². The lowest BCUT2D eigenvalue weighted by atomic mass is 10.2. The molecule has 1 atom stereocenters. The number of sulfonamides is 1. The Balaban J connectivity index is 2.25. The van der Waals surface area contributed by atoms with Crippen LogP contribution < -0.4 is 0 Å². The van der Waals surface area contributed by atoms with Gasteiger partial charge in [0.1, 0.15) is 0 Å². The van der Waals surface area contributed by atoms with Gasteiger partial charge in [0, 0.05) is 19.0 Å². The van der Waals surface area contributed by atoms with Crippen molar-refractivity contribution in [2.45, 2.75) is 24.1 Å². The summed E-state index contributed by atoms with van der Waals surface area (Å²) in [4.78, 5) is 0.362.